The first-order valence-electron chi connectivity index (χ1n) is 7.28. The minimum Gasteiger partial charge on any atom is -0.339 e. The van der Waals surface area contributed by atoms with Crippen molar-refractivity contribution in [2.24, 2.45) is 0 Å². The fourth-order valence-corrected chi connectivity index (χ4v) is 1.99. The number of ketones is 1. The van der Waals surface area contributed by atoms with Crippen molar-refractivity contribution in [3.63, 3.8) is 0 Å². The molecule has 1 aromatic rings. The zero-order valence-corrected chi connectivity index (χ0v) is 13.5. The van der Waals surface area contributed by atoms with Gasteiger partial charge in [-0.25, -0.2) is 0 Å². The Labute approximate surface area is 131 Å². The molecule has 0 atom stereocenters. The highest BCUT2D eigenvalue weighted by atomic mass is 16.2. The number of nitrogens with zero attached hydrogens (tertiary/aromatic N) is 1. The van der Waals surface area contributed by atoms with E-state index in [9.17, 15) is 14.4 Å². The average Bonchev–Trinajstić information content (AvgIpc) is 2.48. The Morgan fingerprint density at radius 1 is 1.05 bits per heavy atom. The first kappa shape index (κ1) is 17.6. The zero-order chi connectivity index (χ0) is 16.7. The molecule has 5 nitrogen and oxygen atoms in total. The monoisotopic (exact) mass is 302 g/mol. The van der Waals surface area contributed by atoms with Gasteiger partial charge in [0, 0.05) is 36.0 Å². The van der Waals surface area contributed by atoms with Gasteiger partial charge in [-0.1, -0.05) is 0 Å². The van der Waals surface area contributed by atoms with E-state index in [-0.39, 0.29) is 17.6 Å². The Bertz CT molecular complexity index is 584. The van der Waals surface area contributed by atoms with Crippen LogP contribution in [-0.2, 0) is 9.59 Å². The van der Waals surface area contributed by atoms with Crippen LogP contribution in [0.4, 0.5) is 5.69 Å². The van der Waals surface area contributed by atoms with E-state index in [1.807, 2.05) is 13.8 Å². The average molecular weight is 302 g/mol. The summed E-state index contributed by atoms with van der Waals surface area (Å²) in [5.74, 6) is -0.543. The molecule has 0 radical (unpaired) electrons. The van der Waals surface area contributed by atoms with Crippen LogP contribution in [0, 0.1) is 0 Å². The van der Waals surface area contributed by atoms with Gasteiger partial charge in [-0.15, -0.1) is 0 Å². The van der Waals surface area contributed by atoms with Crippen LogP contribution >= 0.6 is 0 Å². The zero-order valence-electron chi connectivity index (χ0n) is 13.5. The van der Waals surface area contributed by atoms with Crippen molar-refractivity contribution < 1.29 is 14.4 Å². The Hall–Kier alpha value is -2.43. The van der Waals surface area contributed by atoms with Gasteiger partial charge in [0.2, 0.25) is 11.8 Å². The third-order valence-electron chi connectivity index (χ3n) is 3.29. The molecule has 0 spiro atoms. The number of carbonyl (C=O) groups excluding carboxylic acids is 3. The van der Waals surface area contributed by atoms with Crippen LogP contribution in [0.3, 0.4) is 0 Å². The largest absolute Gasteiger partial charge is 0.339 e. The van der Waals surface area contributed by atoms with Crippen LogP contribution < -0.4 is 5.32 Å². The molecule has 0 saturated carbocycles. The number of amides is 2. The highest BCUT2D eigenvalue weighted by Crippen LogP contribution is 2.10. The lowest BCUT2D eigenvalue weighted by Crippen LogP contribution is -2.31. The number of likely N-dealkylation sites (N-methyl/N-ethyl adjacent to an activating group) is 1. The fraction of sp³-hybridized carbons (Fsp3) is 0.353. The van der Waals surface area contributed by atoms with Crippen molar-refractivity contribution in [3.8, 4) is 0 Å². The van der Waals surface area contributed by atoms with Crippen LogP contribution in [0.2, 0.25) is 0 Å². The highest BCUT2D eigenvalue weighted by Gasteiger charge is 2.12. The summed E-state index contributed by atoms with van der Waals surface area (Å²) in [4.78, 5) is 36.8. The van der Waals surface area contributed by atoms with Gasteiger partial charge in [0.15, 0.2) is 5.78 Å². The van der Waals surface area contributed by atoms with E-state index >= 15 is 0 Å². The molecule has 0 heterocycles. The van der Waals surface area contributed by atoms with Crippen LogP contribution in [0.5, 0.6) is 0 Å². The number of anilines is 1. The number of Topliss-reactive ketones (excluding diaryl/α,β-unsaturated/α-hetero) is 1. The number of carbonyl (C=O) groups is 3. The van der Waals surface area contributed by atoms with E-state index < -0.39 is 0 Å². The van der Waals surface area contributed by atoms with Crippen molar-refractivity contribution >= 4 is 23.3 Å². The Morgan fingerprint density at radius 3 is 2.05 bits per heavy atom. The Morgan fingerprint density at radius 2 is 1.59 bits per heavy atom. The summed E-state index contributed by atoms with van der Waals surface area (Å²) in [6.07, 6.45) is 1.29. The highest BCUT2D eigenvalue weighted by molar-refractivity contribution is 6.06. The lowest BCUT2D eigenvalue weighted by atomic mass is 10.1. The van der Waals surface area contributed by atoms with Crippen molar-refractivity contribution in [2.45, 2.75) is 27.7 Å². The van der Waals surface area contributed by atoms with Crippen LogP contribution in [0.1, 0.15) is 38.1 Å². The number of nitrogens with one attached hydrogen (secondary N) is 1. The van der Waals surface area contributed by atoms with Crippen molar-refractivity contribution in [1.29, 1.82) is 0 Å². The molecule has 0 aromatic heterocycles. The van der Waals surface area contributed by atoms with E-state index in [1.54, 1.807) is 36.1 Å². The maximum absolute atomic E-state index is 12.1. The third kappa shape index (κ3) is 4.84. The molecule has 0 saturated heterocycles. The summed E-state index contributed by atoms with van der Waals surface area (Å²) >= 11 is 0. The summed E-state index contributed by atoms with van der Waals surface area (Å²) < 4.78 is 0. The molecule has 0 bridgehead atoms. The van der Waals surface area contributed by atoms with Gasteiger partial charge in [0.05, 0.1) is 0 Å². The van der Waals surface area contributed by atoms with Gasteiger partial charge in [-0.2, -0.15) is 0 Å². The van der Waals surface area contributed by atoms with Crippen molar-refractivity contribution in [2.75, 3.05) is 18.4 Å². The Kier molecular flexibility index (Phi) is 6.50. The molecule has 1 N–H and O–H groups in total. The van der Waals surface area contributed by atoms with Gasteiger partial charge in [0.1, 0.15) is 0 Å². The standard InChI is InChI=1S/C17H22N2O3/c1-5-19(6-2)17(22)12(3)11-16(21)18-15-9-7-14(8-10-15)13(4)20/h7-11H,5-6H2,1-4H3,(H,18,21)/b12-11+. The molecule has 0 aliphatic heterocycles. The molecular weight excluding hydrogens is 280 g/mol. The van der Waals surface area contributed by atoms with E-state index in [1.165, 1.54) is 13.0 Å². The molecular formula is C17H22N2O3. The van der Waals surface area contributed by atoms with Gasteiger partial charge < -0.3 is 10.2 Å². The quantitative estimate of drug-likeness (QED) is 0.649. The molecule has 0 aliphatic rings. The molecule has 2 amide bonds. The second-order valence-electron chi connectivity index (χ2n) is 4.93. The molecule has 118 valence electrons. The summed E-state index contributed by atoms with van der Waals surface area (Å²) in [5, 5.41) is 2.67. The van der Waals surface area contributed by atoms with Crippen molar-refractivity contribution in [3.05, 3.63) is 41.5 Å². The van der Waals surface area contributed by atoms with E-state index in [2.05, 4.69) is 5.32 Å². The second kappa shape index (κ2) is 8.12. The first-order valence-corrected chi connectivity index (χ1v) is 7.28. The van der Waals surface area contributed by atoms with Gasteiger partial charge >= 0.3 is 0 Å². The molecule has 0 aliphatic carbocycles. The summed E-state index contributed by atoms with van der Waals surface area (Å²) in [5.41, 5.74) is 1.55. The molecule has 0 fully saturated rings. The Balaban J connectivity index is 2.74. The minimum atomic E-state index is -0.367. The molecule has 5 heteroatoms. The minimum absolute atomic E-state index is 0.0292. The number of hydrogen-bond donors (Lipinski definition) is 1. The topological polar surface area (TPSA) is 66.5 Å². The molecule has 0 unspecified atom stereocenters. The van der Waals surface area contributed by atoms with Gasteiger partial charge in [-0.3, -0.25) is 14.4 Å². The van der Waals surface area contributed by atoms with E-state index in [4.69, 9.17) is 0 Å². The molecule has 1 aromatic carbocycles. The van der Waals surface area contributed by atoms with E-state index in [0.717, 1.165) is 0 Å². The SMILES string of the molecule is CCN(CC)C(=O)/C(C)=C/C(=O)Nc1ccc(C(C)=O)cc1. The normalized spacial score (nSPS) is 11.0. The fourth-order valence-electron chi connectivity index (χ4n) is 1.99. The predicted octanol–water partition coefficient (Wildman–Crippen LogP) is 2.64. The van der Waals surface area contributed by atoms with E-state index in [0.29, 0.717) is 29.9 Å². The van der Waals surface area contributed by atoms with Gasteiger partial charge in [0.25, 0.3) is 0 Å². The lowest BCUT2D eigenvalue weighted by molar-refractivity contribution is -0.127. The maximum atomic E-state index is 12.1. The second-order valence-corrected chi connectivity index (χ2v) is 4.93. The number of benzene rings is 1. The van der Waals surface area contributed by atoms with Crippen LogP contribution in [-0.4, -0.2) is 35.6 Å². The lowest BCUT2D eigenvalue weighted by Gasteiger charge is -2.18. The molecule has 1 rings (SSSR count). The van der Waals surface area contributed by atoms with Crippen LogP contribution in [0.25, 0.3) is 0 Å². The van der Waals surface area contributed by atoms with Crippen molar-refractivity contribution in [1.82, 2.24) is 4.90 Å². The predicted molar refractivity (Wildman–Crippen MR) is 86.8 cm³/mol. The summed E-state index contributed by atoms with van der Waals surface area (Å²) in [7, 11) is 0. The summed E-state index contributed by atoms with van der Waals surface area (Å²) in [6, 6.07) is 6.61. The summed E-state index contributed by atoms with van der Waals surface area (Å²) in [6.45, 7) is 8.11. The van der Waals surface area contributed by atoms with Crippen LogP contribution in [0.15, 0.2) is 35.9 Å². The number of rotatable bonds is 6. The van der Waals surface area contributed by atoms with Gasteiger partial charge in [-0.05, 0) is 52.0 Å². The first-order chi connectivity index (χ1) is 10.4. The third-order valence-corrected chi connectivity index (χ3v) is 3.29. The maximum Gasteiger partial charge on any atom is 0.249 e. The number of hydrogen-bond acceptors (Lipinski definition) is 3. The molecule has 22 heavy (non-hydrogen) atoms. The smallest absolute Gasteiger partial charge is 0.249 e.